The van der Waals surface area contributed by atoms with E-state index < -0.39 is 0 Å². The maximum atomic E-state index is 5.27. The molecular formula is C48H29N5S. The van der Waals surface area contributed by atoms with Gasteiger partial charge >= 0.3 is 0 Å². The van der Waals surface area contributed by atoms with Crippen molar-refractivity contribution in [2.24, 2.45) is 0 Å². The van der Waals surface area contributed by atoms with E-state index in [1.165, 1.54) is 21.0 Å². The Labute approximate surface area is 314 Å². The van der Waals surface area contributed by atoms with Gasteiger partial charge in [0.15, 0.2) is 11.6 Å². The third kappa shape index (κ3) is 4.92. The van der Waals surface area contributed by atoms with E-state index in [2.05, 4.69) is 162 Å². The first-order valence-corrected chi connectivity index (χ1v) is 18.8. The predicted molar refractivity (Wildman–Crippen MR) is 224 cm³/mol. The molecule has 0 amide bonds. The number of rotatable bonds is 5. The average molecular weight is 708 g/mol. The SMILES string of the molecule is c1ccc(-c2nc(-c3ccc(-c4nc(-c5ccc6c(c5)c5ccccc5n6-c5ccccc5)nc5ccccc45)cc3)nc3c2sc2ccccc23)cc1. The van der Waals surface area contributed by atoms with Crippen molar-refractivity contribution in [3.63, 3.8) is 0 Å². The summed E-state index contributed by atoms with van der Waals surface area (Å²) in [7, 11) is 0. The Hall–Kier alpha value is -7.02. The van der Waals surface area contributed by atoms with Crippen molar-refractivity contribution in [1.82, 2.24) is 24.5 Å². The first kappa shape index (κ1) is 30.6. The predicted octanol–water partition coefficient (Wildman–Crippen LogP) is 12.6. The van der Waals surface area contributed by atoms with Crippen LogP contribution in [0, 0.1) is 0 Å². The fraction of sp³-hybridized carbons (Fsp3) is 0. The summed E-state index contributed by atoms with van der Waals surface area (Å²) in [4.78, 5) is 20.7. The molecule has 0 fully saturated rings. The van der Waals surface area contributed by atoms with E-state index in [1.54, 1.807) is 11.3 Å². The topological polar surface area (TPSA) is 56.5 Å². The van der Waals surface area contributed by atoms with Gasteiger partial charge in [0.25, 0.3) is 0 Å². The molecule has 0 N–H and O–H groups in total. The van der Waals surface area contributed by atoms with Crippen LogP contribution in [-0.2, 0) is 0 Å². The Morgan fingerprint density at radius 2 is 0.981 bits per heavy atom. The molecule has 0 aliphatic heterocycles. The van der Waals surface area contributed by atoms with E-state index in [9.17, 15) is 0 Å². The van der Waals surface area contributed by atoms with Crippen LogP contribution < -0.4 is 0 Å². The van der Waals surface area contributed by atoms with Crippen LogP contribution in [0.1, 0.15) is 0 Å². The van der Waals surface area contributed by atoms with Gasteiger partial charge in [-0.1, -0.05) is 127 Å². The lowest BCUT2D eigenvalue weighted by Gasteiger charge is -2.11. The van der Waals surface area contributed by atoms with Crippen LogP contribution >= 0.6 is 11.3 Å². The standard InChI is InChI=1S/C48H29N5S/c1-3-13-30(14-4-1)44-46-45(37-19-9-12-22-42(37)54-46)52-47(51-44)32-25-23-31(24-26-32)43-36-18-7-10-20-39(36)49-48(50-43)33-27-28-41-38(29-33)35-17-8-11-21-40(35)53(41)34-15-5-2-6-16-34/h1-29H. The number of hydrogen-bond acceptors (Lipinski definition) is 5. The second-order valence-electron chi connectivity index (χ2n) is 13.4. The molecule has 0 saturated heterocycles. The van der Waals surface area contributed by atoms with E-state index in [0.717, 1.165) is 71.4 Å². The Morgan fingerprint density at radius 3 is 1.81 bits per heavy atom. The van der Waals surface area contributed by atoms with Crippen LogP contribution in [-0.4, -0.2) is 24.5 Å². The molecule has 11 aromatic rings. The van der Waals surface area contributed by atoms with Crippen LogP contribution in [0.15, 0.2) is 176 Å². The molecule has 0 atom stereocenters. The largest absolute Gasteiger partial charge is 0.309 e. The first-order chi connectivity index (χ1) is 26.8. The molecule has 4 heterocycles. The van der Waals surface area contributed by atoms with E-state index in [1.807, 2.05) is 18.2 Å². The number of fused-ring (bicyclic) bond motifs is 7. The van der Waals surface area contributed by atoms with Gasteiger partial charge in [-0.2, -0.15) is 0 Å². The minimum absolute atomic E-state index is 0.692. The highest BCUT2D eigenvalue weighted by Gasteiger charge is 2.18. The minimum atomic E-state index is 0.692. The smallest absolute Gasteiger partial charge is 0.160 e. The Balaban J connectivity index is 1.04. The number of nitrogens with zero attached hydrogens (tertiary/aromatic N) is 5. The summed E-state index contributed by atoms with van der Waals surface area (Å²) in [5.74, 6) is 1.39. The van der Waals surface area contributed by atoms with Crippen LogP contribution in [0.2, 0.25) is 0 Å². The van der Waals surface area contributed by atoms with Gasteiger partial charge in [-0.05, 0) is 48.5 Å². The highest BCUT2D eigenvalue weighted by atomic mass is 32.1. The maximum absolute atomic E-state index is 5.27. The second kappa shape index (κ2) is 12.3. The van der Waals surface area contributed by atoms with Crippen molar-refractivity contribution in [1.29, 1.82) is 0 Å². The zero-order valence-corrected chi connectivity index (χ0v) is 29.7. The molecule has 0 spiro atoms. The van der Waals surface area contributed by atoms with Gasteiger partial charge in [0.1, 0.15) is 0 Å². The van der Waals surface area contributed by atoms with Gasteiger partial charge in [-0.15, -0.1) is 11.3 Å². The number of thiophene rings is 1. The Kier molecular flexibility index (Phi) is 6.97. The van der Waals surface area contributed by atoms with Gasteiger partial charge in [-0.25, -0.2) is 19.9 Å². The Morgan fingerprint density at radius 1 is 0.389 bits per heavy atom. The lowest BCUT2D eigenvalue weighted by atomic mass is 10.0. The van der Waals surface area contributed by atoms with E-state index in [0.29, 0.717) is 11.6 Å². The fourth-order valence-electron chi connectivity index (χ4n) is 7.68. The maximum Gasteiger partial charge on any atom is 0.160 e. The zero-order chi connectivity index (χ0) is 35.6. The van der Waals surface area contributed by atoms with Crippen LogP contribution in [0.25, 0.3) is 104 Å². The highest BCUT2D eigenvalue weighted by Crippen LogP contribution is 2.40. The van der Waals surface area contributed by atoms with E-state index in [-0.39, 0.29) is 0 Å². The molecule has 0 radical (unpaired) electrons. The van der Waals surface area contributed by atoms with Crippen molar-refractivity contribution in [3.8, 4) is 51.0 Å². The molecule has 11 rings (SSSR count). The summed E-state index contributed by atoms with van der Waals surface area (Å²) in [5.41, 5.74) is 11.2. The van der Waals surface area contributed by atoms with Crippen molar-refractivity contribution in [3.05, 3.63) is 176 Å². The number of para-hydroxylation sites is 3. The molecule has 0 aliphatic carbocycles. The summed E-state index contributed by atoms with van der Waals surface area (Å²) >= 11 is 1.75. The van der Waals surface area contributed by atoms with Crippen LogP contribution in [0.5, 0.6) is 0 Å². The fourth-order valence-corrected chi connectivity index (χ4v) is 8.84. The lowest BCUT2D eigenvalue weighted by Crippen LogP contribution is -1.96. The van der Waals surface area contributed by atoms with Gasteiger partial charge in [0.2, 0.25) is 0 Å². The van der Waals surface area contributed by atoms with Crippen LogP contribution in [0.3, 0.4) is 0 Å². The molecule has 4 aromatic heterocycles. The molecule has 0 bridgehead atoms. The van der Waals surface area contributed by atoms with E-state index >= 15 is 0 Å². The molecule has 252 valence electrons. The number of benzene rings is 7. The summed E-state index contributed by atoms with van der Waals surface area (Å²) in [6.45, 7) is 0. The molecule has 7 aromatic carbocycles. The molecule has 6 heteroatoms. The van der Waals surface area contributed by atoms with Crippen molar-refractivity contribution in [2.45, 2.75) is 0 Å². The quantitative estimate of drug-likeness (QED) is 0.179. The van der Waals surface area contributed by atoms with Gasteiger partial charge < -0.3 is 4.57 Å². The minimum Gasteiger partial charge on any atom is -0.309 e. The van der Waals surface area contributed by atoms with Crippen molar-refractivity contribution < 1.29 is 0 Å². The molecule has 0 saturated carbocycles. The first-order valence-electron chi connectivity index (χ1n) is 18.0. The lowest BCUT2D eigenvalue weighted by molar-refractivity contribution is 1.18. The average Bonchev–Trinajstić information content (AvgIpc) is 3.79. The Bertz CT molecular complexity index is 3200. The zero-order valence-electron chi connectivity index (χ0n) is 28.9. The molecule has 0 aliphatic rings. The molecule has 5 nitrogen and oxygen atoms in total. The van der Waals surface area contributed by atoms with E-state index in [4.69, 9.17) is 19.9 Å². The summed E-state index contributed by atoms with van der Waals surface area (Å²) < 4.78 is 4.64. The number of aromatic nitrogens is 5. The summed E-state index contributed by atoms with van der Waals surface area (Å²) in [6.07, 6.45) is 0. The second-order valence-corrected chi connectivity index (χ2v) is 14.5. The molecule has 0 unspecified atom stereocenters. The highest BCUT2D eigenvalue weighted by molar-refractivity contribution is 7.26. The third-order valence-electron chi connectivity index (χ3n) is 10.2. The number of hydrogen-bond donors (Lipinski definition) is 0. The normalized spacial score (nSPS) is 11.7. The van der Waals surface area contributed by atoms with Crippen LogP contribution in [0.4, 0.5) is 0 Å². The monoisotopic (exact) mass is 707 g/mol. The van der Waals surface area contributed by atoms with Gasteiger partial charge in [0, 0.05) is 54.2 Å². The molecular weight excluding hydrogens is 679 g/mol. The third-order valence-corrected chi connectivity index (χ3v) is 11.4. The van der Waals surface area contributed by atoms with Gasteiger partial charge in [0.05, 0.1) is 38.2 Å². The van der Waals surface area contributed by atoms with Crippen molar-refractivity contribution in [2.75, 3.05) is 0 Å². The van der Waals surface area contributed by atoms with Gasteiger partial charge in [-0.3, -0.25) is 0 Å². The molecule has 54 heavy (non-hydrogen) atoms. The summed E-state index contributed by atoms with van der Waals surface area (Å²) in [5, 5.41) is 4.52. The van der Waals surface area contributed by atoms with Crippen molar-refractivity contribution >= 4 is 64.3 Å². The summed E-state index contributed by atoms with van der Waals surface area (Å²) in [6, 6.07) is 61.3.